The molecule has 0 saturated heterocycles. The maximum Gasteiger partial charge on any atom is 0.307 e. The van der Waals surface area contributed by atoms with Crippen molar-refractivity contribution < 1.29 is 17.5 Å². The summed E-state index contributed by atoms with van der Waals surface area (Å²) in [4.78, 5) is 9.92. The Kier molecular flexibility index (Phi) is 2.87. The second kappa shape index (κ2) is 4.08. The minimum Gasteiger partial charge on any atom is -0.267 e. The Bertz CT molecular complexity index is 531. The lowest BCUT2D eigenvalue weighted by Gasteiger charge is -2.33. The lowest BCUT2D eigenvalue weighted by molar-refractivity contribution is -0.385. The number of hydrogen-bond acceptors (Lipinski definition) is 6. The Morgan fingerprint density at radius 2 is 2.24 bits per heavy atom. The first-order valence-corrected chi connectivity index (χ1v) is 6.73. The summed E-state index contributed by atoms with van der Waals surface area (Å²) >= 11 is 0. The van der Waals surface area contributed by atoms with Crippen molar-refractivity contribution >= 4 is 15.8 Å². The fourth-order valence-electron chi connectivity index (χ4n) is 1.70. The summed E-state index contributed by atoms with van der Waals surface area (Å²) in [5.41, 5.74) is -0.0718. The second-order valence-corrected chi connectivity index (χ2v) is 5.58. The normalized spacial score (nSPS) is 24.3. The predicted molar refractivity (Wildman–Crippen MR) is 56.9 cm³/mol. The number of aromatic nitrogens is 2. The number of hydrogen-bond donors (Lipinski definition) is 0. The summed E-state index contributed by atoms with van der Waals surface area (Å²) in [6.45, 7) is 0. The van der Waals surface area contributed by atoms with E-state index in [0.717, 1.165) is 6.26 Å². The first-order chi connectivity index (χ1) is 7.85. The maximum atomic E-state index is 10.8. The van der Waals surface area contributed by atoms with Crippen molar-refractivity contribution in [3.05, 3.63) is 22.5 Å². The molecule has 0 aliphatic heterocycles. The quantitative estimate of drug-likeness (QED) is 0.443. The molecule has 0 atom stereocenters. The van der Waals surface area contributed by atoms with E-state index in [9.17, 15) is 18.5 Å². The molecule has 17 heavy (non-hydrogen) atoms. The Morgan fingerprint density at radius 1 is 1.59 bits per heavy atom. The molecule has 1 aliphatic rings. The summed E-state index contributed by atoms with van der Waals surface area (Å²) < 4.78 is 27.9. The van der Waals surface area contributed by atoms with Gasteiger partial charge >= 0.3 is 5.69 Å². The molecule has 94 valence electrons. The van der Waals surface area contributed by atoms with Crippen LogP contribution in [0.1, 0.15) is 18.9 Å². The molecule has 1 fully saturated rings. The summed E-state index contributed by atoms with van der Waals surface area (Å²) in [5.74, 6) is 0. The van der Waals surface area contributed by atoms with E-state index in [1.807, 2.05) is 0 Å². The molecule has 0 radical (unpaired) electrons. The fourth-order valence-corrected chi connectivity index (χ4v) is 2.35. The van der Waals surface area contributed by atoms with Gasteiger partial charge in [0.1, 0.15) is 12.4 Å². The van der Waals surface area contributed by atoms with Crippen molar-refractivity contribution in [1.82, 2.24) is 9.78 Å². The summed E-state index contributed by atoms with van der Waals surface area (Å²) in [6.07, 6.45) is 4.14. The Morgan fingerprint density at radius 3 is 2.71 bits per heavy atom. The van der Waals surface area contributed by atoms with Gasteiger partial charge in [0.2, 0.25) is 0 Å². The minimum atomic E-state index is -3.44. The highest BCUT2D eigenvalue weighted by molar-refractivity contribution is 7.86. The van der Waals surface area contributed by atoms with Gasteiger partial charge in [0, 0.05) is 0 Å². The molecule has 0 unspecified atom stereocenters. The molecule has 2 rings (SSSR count). The highest BCUT2D eigenvalue weighted by Crippen LogP contribution is 2.35. The maximum absolute atomic E-state index is 10.8. The highest BCUT2D eigenvalue weighted by atomic mass is 32.2. The third kappa shape index (κ3) is 2.80. The Hall–Kier alpha value is -1.48. The van der Waals surface area contributed by atoms with Crippen molar-refractivity contribution in [3.8, 4) is 0 Å². The van der Waals surface area contributed by atoms with Gasteiger partial charge in [-0.15, -0.1) is 0 Å². The third-order valence-corrected chi connectivity index (χ3v) is 3.18. The molecule has 9 heteroatoms. The van der Waals surface area contributed by atoms with E-state index in [1.165, 1.54) is 17.1 Å². The van der Waals surface area contributed by atoms with Crippen LogP contribution in [0, 0.1) is 10.1 Å². The van der Waals surface area contributed by atoms with E-state index in [4.69, 9.17) is 4.18 Å². The average molecular weight is 261 g/mol. The van der Waals surface area contributed by atoms with Crippen molar-refractivity contribution in [2.75, 3.05) is 6.26 Å². The minimum absolute atomic E-state index is 0.0320. The van der Waals surface area contributed by atoms with Gasteiger partial charge in [-0.3, -0.25) is 19.0 Å². The smallest absolute Gasteiger partial charge is 0.267 e. The van der Waals surface area contributed by atoms with Crippen LogP contribution in [0.2, 0.25) is 0 Å². The van der Waals surface area contributed by atoms with E-state index < -0.39 is 15.0 Å². The van der Waals surface area contributed by atoms with Gasteiger partial charge in [-0.1, -0.05) is 0 Å². The summed E-state index contributed by atoms with van der Waals surface area (Å²) in [6, 6.07) is -0.0320. The molecule has 1 aromatic rings. The van der Waals surface area contributed by atoms with Gasteiger partial charge in [-0.05, 0) is 12.8 Å². The SMILES string of the molecule is CS(=O)(=O)OC1CC(n2cc([N+](=O)[O-])cn2)C1. The predicted octanol–water partition coefficient (Wildman–Crippen LogP) is 0.471. The monoisotopic (exact) mass is 261 g/mol. The molecule has 8 nitrogen and oxygen atoms in total. The molecule has 0 amide bonds. The number of nitrogens with zero attached hydrogens (tertiary/aromatic N) is 3. The zero-order chi connectivity index (χ0) is 12.6. The molecule has 1 heterocycles. The van der Waals surface area contributed by atoms with Crippen molar-refractivity contribution in [2.24, 2.45) is 0 Å². The van der Waals surface area contributed by atoms with E-state index in [1.54, 1.807) is 0 Å². The molecule has 1 aromatic heterocycles. The zero-order valence-electron chi connectivity index (χ0n) is 9.01. The van der Waals surface area contributed by atoms with E-state index >= 15 is 0 Å². The standard InChI is InChI=1S/C8H11N3O5S/c1-17(14,15)16-8-2-6(3-8)10-5-7(4-9-10)11(12)13/h4-6,8H,2-3H2,1H3. The molecule has 1 saturated carbocycles. The van der Waals surface area contributed by atoms with Gasteiger partial charge in [0.15, 0.2) is 0 Å². The first kappa shape index (κ1) is 12.0. The lowest BCUT2D eigenvalue weighted by Crippen LogP contribution is -2.34. The molecule has 0 bridgehead atoms. The largest absolute Gasteiger partial charge is 0.307 e. The van der Waals surface area contributed by atoms with Crippen LogP contribution in [-0.2, 0) is 14.3 Å². The van der Waals surface area contributed by atoms with Crippen LogP contribution in [0.15, 0.2) is 12.4 Å². The van der Waals surface area contributed by atoms with E-state index in [2.05, 4.69) is 5.10 Å². The van der Waals surface area contributed by atoms with Crippen LogP contribution >= 0.6 is 0 Å². The molecule has 0 spiro atoms. The third-order valence-electron chi connectivity index (χ3n) is 2.55. The van der Waals surface area contributed by atoms with Crippen LogP contribution in [-0.4, -0.2) is 35.5 Å². The molecule has 0 aromatic carbocycles. The summed E-state index contributed by atoms with van der Waals surface area (Å²) in [5, 5.41) is 14.3. The van der Waals surface area contributed by atoms with Crippen LogP contribution in [0.5, 0.6) is 0 Å². The molecular formula is C8H11N3O5S. The van der Waals surface area contributed by atoms with Crippen LogP contribution in [0.3, 0.4) is 0 Å². The van der Waals surface area contributed by atoms with Crippen LogP contribution < -0.4 is 0 Å². The van der Waals surface area contributed by atoms with E-state index in [0.29, 0.717) is 12.8 Å². The molecule has 0 N–H and O–H groups in total. The second-order valence-electron chi connectivity index (χ2n) is 3.98. The molecule has 1 aliphatic carbocycles. The fraction of sp³-hybridized carbons (Fsp3) is 0.625. The van der Waals surface area contributed by atoms with Crippen LogP contribution in [0.25, 0.3) is 0 Å². The van der Waals surface area contributed by atoms with Gasteiger partial charge in [0.25, 0.3) is 10.1 Å². The van der Waals surface area contributed by atoms with Gasteiger partial charge in [-0.25, -0.2) is 0 Å². The topological polar surface area (TPSA) is 104 Å². The van der Waals surface area contributed by atoms with Crippen molar-refractivity contribution in [1.29, 1.82) is 0 Å². The number of nitro groups is 1. The van der Waals surface area contributed by atoms with Gasteiger partial charge < -0.3 is 0 Å². The van der Waals surface area contributed by atoms with Gasteiger partial charge in [0.05, 0.1) is 23.3 Å². The van der Waals surface area contributed by atoms with Crippen LogP contribution in [0.4, 0.5) is 5.69 Å². The Balaban J connectivity index is 1.93. The summed E-state index contributed by atoms with van der Waals surface area (Å²) in [7, 11) is -3.44. The molecular weight excluding hydrogens is 250 g/mol. The number of rotatable bonds is 4. The van der Waals surface area contributed by atoms with E-state index in [-0.39, 0.29) is 17.8 Å². The average Bonchev–Trinajstić information content (AvgIpc) is 2.57. The van der Waals surface area contributed by atoms with Crippen molar-refractivity contribution in [3.63, 3.8) is 0 Å². The highest BCUT2D eigenvalue weighted by Gasteiger charge is 2.34. The zero-order valence-corrected chi connectivity index (χ0v) is 9.83. The lowest BCUT2D eigenvalue weighted by atomic mass is 9.90. The Labute approximate surface area is 97.5 Å². The van der Waals surface area contributed by atoms with Crippen molar-refractivity contribution in [2.45, 2.75) is 25.0 Å². The first-order valence-electron chi connectivity index (χ1n) is 4.92. The van der Waals surface area contributed by atoms with Gasteiger partial charge in [-0.2, -0.15) is 13.5 Å².